The third kappa shape index (κ3) is 1.86. The lowest BCUT2D eigenvalue weighted by Gasteiger charge is -2.25. The third-order valence-corrected chi connectivity index (χ3v) is 2.34. The van der Waals surface area contributed by atoms with Crippen LogP contribution in [0.15, 0.2) is 24.3 Å². The summed E-state index contributed by atoms with van der Waals surface area (Å²) in [5.74, 6) is 0. The Bertz CT molecular complexity index is 159. The molecule has 1 unspecified atom stereocenters. The van der Waals surface area contributed by atoms with Crippen molar-refractivity contribution in [3.8, 4) is 0 Å². The number of allylic oxidation sites excluding steroid dienone is 4. The van der Waals surface area contributed by atoms with Crippen molar-refractivity contribution in [3.05, 3.63) is 24.3 Å². The SMILES string of the molecule is CC1(C)C=CC=CC1Cl.N. The minimum atomic E-state index is 0. The molecule has 1 nitrogen and oxygen atoms in total. The van der Waals surface area contributed by atoms with Gasteiger partial charge in [-0.25, -0.2) is 0 Å². The Labute approximate surface area is 67.3 Å². The Hall–Kier alpha value is -0.270. The Morgan fingerprint density at radius 2 is 1.90 bits per heavy atom. The average Bonchev–Trinajstić information content (AvgIpc) is 1.77. The Kier molecular flexibility index (Phi) is 3.13. The molecule has 0 saturated carbocycles. The smallest absolute Gasteiger partial charge is 0.0604 e. The second-order valence-electron chi connectivity index (χ2n) is 2.97. The van der Waals surface area contributed by atoms with Crippen LogP contribution < -0.4 is 6.15 Å². The van der Waals surface area contributed by atoms with E-state index in [-0.39, 0.29) is 16.9 Å². The van der Waals surface area contributed by atoms with Crippen molar-refractivity contribution in [1.82, 2.24) is 6.15 Å². The van der Waals surface area contributed by atoms with Gasteiger partial charge in [0.25, 0.3) is 0 Å². The second kappa shape index (κ2) is 3.22. The van der Waals surface area contributed by atoms with Crippen LogP contribution in [0.1, 0.15) is 13.8 Å². The predicted molar refractivity (Wildman–Crippen MR) is 46.7 cm³/mol. The molecule has 10 heavy (non-hydrogen) atoms. The van der Waals surface area contributed by atoms with E-state index in [1.165, 1.54) is 0 Å². The van der Waals surface area contributed by atoms with Crippen LogP contribution in [-0.2, 0) is 0 Å². The Balaban J connectivity index is 0.000000810. The van der Waals surface area contributed by atoms with Crippen LogP contribution in [0.2, 0.25) is 0 Å². The number of alkyl halides is 1. The van der Waals surface area contributed by atoms with Crippen LogP contribution in [0.3, 0.4) is 0 Å². The minimum absolute atomic E-state index is 0. The minimum Gasteiger partial charge on any atom is -0.344 e. The molecule has 0 aromatic heterocycles. The Morgan fingerprint density at radius 1 is 1.30 bits per heavy atom. The highest BCUT2D eigenvalue weighted by Crippen LogP contribution is 2.30. The van der Waals surface area contributed by atoms with Crippen molar-refractivity contribution in [2.24, 2.45) is 5.41 Å². The molecule has 0 amide bonds. The zero-order chi connectivity index (χ0) is 6.91. The highest BCUT2D eigenvalue weighted by atomic mass is 35.5. The lowest BCUT2D eigenvalue weighted by molar-refractivity contribution is 0.491. The van der Waals surface area contributed by atoms with Gasteiger partial charge in [0.15, 0.2) is 0 Å². The standard InChI is InChI=1S/C8H11Cl.H3N/c1-8(2)6-4-3-5-7(8)9;/h3-7H,1-2H3;1H3. The van der Waals surface area contributed by atoms with E-state index in [4.69, 9.17) is 11.6 Å². The van der Waals surface area contributed by atoms with Crippen LogP contribution in [0.5, 0.6) is 0 Å². The molecule has 58 valence electrons. The highest BCUT2D eigenvalue weighted by Gasteiger charge is 2.23. The van der Waals surface area contributed by atoms with E-state index in [0.717, 1.165) is 0 Å². The molecule has 1 aliphatic carbocycles. The summed E-state index contributed by atoms with van der Waals surface area (Å²) < 4.78 is 0. The molecular formula is C8H14ClN. The summed E-state index contributed by atoms with van der Waals surface area (Å²) in [6.07, 6.45) is 8.17. The molecule has 0 radical (unpaired) electrons. The van der Waals surface area contributed by atoms with Gasteiger partial charge in [-0.1, -0.05) is 38.2 Å². The van der Waals surface area contributed by atoms with Crippen molar-refractivity contribution in [3.63, 3.8) is 0 Å². The molecule has 0 heterocycles. The molecule has 0 fully saturated rings. The molecule has 0 aliphatic heterocycles. The van der Waals surface area contributed by atoms with Crippen molar-refractivity contribution in [2.75, 3.05) is 0 Å². The molecule has 1 aliphatic rings. The topological polar surface area (TPSA) is 35.0 Å². The van der Waals surface area contributed by atoms with Crippen molar-refractivity contribution < 1.29 is 0 Å². The van der Waals surface area contributed by atoms with E-state index in [9.17, 15) is 0 Å². The molecule has 0 aromatic carbocycles. The second-order valence-corrected chi connectivity index (χ2v) is 3.44. The maximum atomic E-state index is 5.97. The van der Waals surface area contributed by atoms with Crippen LogP contribution in [-0.4, -0.2) is 5.38 Å². The lowest BCUT2D eigenvalue weighted by Crippen LogP contribution is -2.21. The number of hydrogen-bond acceptors (Lipinski definition) is 1. The molecule has 0 bridgehead atoms. The van der Waals surface area contributed by atoms with Crippen molar-refractivity contribution >= 4 is 11.6 Å². The van der Waals surface area contributed by atoms with E-state index in [1.54, 1.807) is 0 Å². The molecule has 2 heteroatoms. The van der Waals surface area contributed by atoms with Gasteiger partial charge in [0, 0.05) is 5.41 Å². The first-order valence-corrected chi connectivity index (χ1v) is 3.57. The maximum Gasteiger partial charge on any atom is 0.0604 e. The fraction of sp³-hybridized carbons (Fsp3) is 0.500. The fourth-order valence-corrected chi connectivity index (χ4v) is 0.962. The average molecular weight is 160 g/mol. The number of rotatable bonds is 0. The first-order chi connectivity index (χ1) is 4.13. The zero-order valence-corrected chi connectivity index (χ0v) is 7.23. The molecule has 1 atom stereocenters. The predicted octanol–water partition coefficient (Wildman–Crippen LogP) is 2.91. The van der Waals surface area contributed by atoms with Gasteiger partial charge in [0.2, 0.25) is 0 Å². The van der Waals surface area contributed by atoms with Gasteiger partial charge in [0.05, 0.1) is 5.38 Å². The van der Waals surface area contributed by atoms with Crippen molar-refractivity contribution in [2.45, 2.75) is 19.2 Å². The van der Waals surface area contributed by atoms with Crippen LogP contribution in [0.25, 0.3) is 0 Å². The van der Waals surface area contributed by atoms with Crippen LogP contribution in [0, 0.1) is 5.41 Å². The van der Waals surface area contributed by atoms with Gasteiger partial charge in [-0.2, -0.15) is 0 Å². The van der Waals surface area contributed by atoms with Gasteiger partial charge >= 0.3 is 0 Å². The lowest BCUT2D eigenvalue weighted by atomic mass is 9.86. The molecule has 1 rings (SSSR count). The number of halogens is 1. The molecular weight excluding hydrogens is 146 g/mol. The van der Waals surface area contributed by atoms with Crippen molar-refractivity contribution in [1.29, 1.82) is 0 Å². The quantitative estimate of drug-likeness (QED) is 0.542. The van der Waals surface area contributed by atoms with Gasteiger partial charge in [-0.05, 0) is 0 Å². The van der Waals surface area contributed by atoms with Gasteiger partial charge in [-0.3, -0.25) is 0 Å². The summed E-state index contributed by atoms with van der Waals surface area (Å²) in [6, 6.07) is 0. The summed E-state index contributed by atoms with van der Waals surface area (Å²) in [5.41, 5.74) is 0.135. The van der Waals surface area contributed by atoms with E-state index < -0.39 is 0 Å². The fourth-order valence-electron chi connectivity index (χ4n) is 0.805. The first-order valence-electron chi connectivity index (χ1n) is 3.13. The summed E-state index contributed by atoms with van der Waals surface area (Å²) in [6.45, 7) is 4.26. The van der Waals surface area contributed by atoms with Gasteiger partial charge in [-0.15, -0.1) is 11.6 Å². The van der Waals surface area contributed by atoms with E-state index in [2.05, 4.69) is 19.9 Å². The normalized spacial score (nSPS) is 27.7. The third-order valence-electron chi connectivity index (χ3n) is 1.63. The van der Waals surface area contributed by atoms with Crippen LogP contribution in [0.4, 0.5) is 0 Å². The summed E-state index contributed by atoms with van der Waals surface area (Å²) in [5, 5.41) is 0.155. The molecule has 0 aromatic rings. The van der Waals surface area contributed by atoms with E-state index >= 15 is 0 Å². The number of hydrogen-bond donors (Lipinski definition) is 1. The zero-order valence-electron chi connectivity index (χ0n) is 6.47. The van der Waals surface area contributed by atoms with Gasteiger partial charge < -0.3 is 6.15 Å². The molecule has 0 saturated heterocycles. The monoisotopic (exact) mass is 159 g/mol. The van der Waals surface area contributed by atoms with E-state index in [0.29, 0.717) is 0 Å². The maximum absolute atomic E-state index is 5.97. The largest absolute Gasteiger partial charge is 0.344 e. The highest BCUT2D eigenvalue weighted by molar-refractivity contribution is 6.22. The Morgan fingerprint density at radius 3 is 2.20 bits per heavy atom. The molecule has 3 N–H and O–H groups in total. The van der Waals surface area contributed by atoms with Gasteiger partial charge in [0.1, 0.15) is 0 Å². The summed E-state index contributed by atoms with van der Waals surface area (Å²) >= 11 is 5.97. The first kappa shape index (κ1) is 9.73. The molecule has 0 spiro atoms. The van der Waals surface area contributed by atoms with E-state index in [1.807, 2.05) is 18.2 Å². The summed E-state index contributed by atoms with van der Waals surface area (Å²) in [7, 11) is 0. The summed E-state index contributed by atoms with van der Waals surface area (Å²) in [4.78, 5) is 0. The van der Waals surface area contributed by atoms with Crippen LogP contribution >= 0.6 is 11.6 Å².